The fourth-order valence-corrected chi connectivity index (χ4v) is 4.47. The first-order valence-electron chi connectivity index (χ1n) is 8.69. The number of nitrogens with zero attached hydrogens (tertiary/aromatic N) is 1. The van der Waals surface area contributed by atoms with Crippen LogP contribution >= 0.6 is 15.9 Å². The minimum atomic E-state index is -0.285. The average Bonchev–Trinajstić information content (AvgIpc) is 2.55. The summed E-state index contributed by atoms with van der Waals surface area (Å²) < 4.78 is 20.8. The third-order valence-electron chi connectivity index (χ3n) is 4.96. The van der Waals surface area contributed by atoms with Crippen molar-refractivity contribution in [3.05, 3.63) is 22.4 Å². The molecule has 3 rings (SSSR count). The minimum absolute atomic E-state index is 0.0521. The molecule has 0 unspecified atom stereocenters. The molecule has 0 aromatic heterocycles. The number of ether oxygens (including phenoxy) is 1. The predicted octanol–water partition coefficient (Wildman–Crippen LogP) is 3.46. The summed E-state index contributed by atoms with van der Waals surface area (Å²) >= 11 is 3.32. The molecule has 1 saturated carbocycles. The highest BCUT2D eigenvalue weighted by atomic mass is 79.9. The predicted molar refractivity (Wildman–Crippen MR) is 97.3 cm³/mol. The van der Waals surface area contributed by atoms with E-state index < -0.39 is 0 Å². The molecule has 0 bridgehead atoms. The third kappa shape index (κ3) is 3.55. The molecule has 2 fully saturated rings. The molecule has 1 aromatic rings. The number of aliphatic hydroxyl groups is 1. The molecule has 1 aromatic carbocycles. The highest BCUT2D eigenvalue weighted by molar-refractivity contribution is 9.10. The van der Waals surface area contributed by atoms with Crippen molar-refractivity contribution >= 4 is 21.6 Å². The summed E-state index contributed by atoms with van der Waals surface area (Å²) in [7, 11) is 0. The number of nitrogens with one attached hydrogen (secondary N) is 1. The first kappa shape index (κ1) is 18.0. The Balaban J connectivity index is 1.92. The second kappa shape index (κ2) is 7.18. The van der Waals surface area contributed by atoms with Crippen LogP contribution in [0.3, 0.4) is 0 Å². The number of rotatable bonds is 4. The molecule has 1 aliphatic heterocycles. The zero-order valence-corrected chi connectivity index (χ0v) is 15.9. The van der Waals surface area contributed by atoms with E-state index in [0.29, 0.717) is 28.0 Å². The van der Waals surface area contributed by atoms with Crippen LogP contribution in [0.2, 0.25) is 0 Å². The number of halogens is 2. The lowest BCUT2D eigenvalue weighted by molar-refractivity contribution is 0.196. The van der Waals surface area contributed by atoms with E-state index in [0.717, 1.165) is 19.4 Å². The van der Waals surface area contributed by atoms with Crippen LogP contribution in [-0.4, -0.2) is 42.5 Å². The van der Waals surface area contributed by atoms with Crippen LogP contribution < -0.4 is 15.0 Å². The van der Waals surface area contributed by atoms with Gasteiger partial charge in [-0.05, 0) is 54.8 Å². The molecule has 134 valence electrons. The Morgan fingerprint density at radius 3 is 2.88 bits per heavy atom. The van der Waals surface area contributed by atoms with Crippen molar-refractivity contribution in [2.75, 3.05) is 24.7 Å². The Hall–Kier alpha value is -0.850. The number of fused-ring (bicyclic) bond motifs is 1. The summed E-state index contributed by atoms with van der Waals surface area (Å²) in [6, 6.07) is 4.33. The van der Waals surface area contributed by atoms with Gasteiger partial charge in [0, 0.05) is 24.2 Å². The summed E-state index contributed by atoms with van der Waals surface area (Å²) in [6.07, 6.45) is 4.66. The molecular weight excluding hydrogens is 375 g/mol. The standard InChI is InChI=1S/C18H26BrFN2O2/c1-18(2)11-22(13-6-4-3-5-12(13)21-18)14-7-8-15(24-10-9-23)16(19)17(14)20/h7-8,12-13,21,23H,3-6,9-11H2,1-2H3/t12-,13+/m1/s1. The van der Waals surface area contributed by atoms with E-state index in [4.69, 9.17) is 9.84 Å². The molecule has 6 heteroatoms. The van der Waals surface area contributed by atoms with Crippen molar-refractivity contribution in [3.8, 4) is 5.75 Å². The molecule has 4 nitrogen and oxygen atoms in total. The van der Waals surface area contributed by atoms with Gasteiger partial charge in [0.1, 0.15) is 12.4 Å². The summed E-state index contributed by atoms with van der Waals surface area (Å²) in [4.78, 5) is 2.23. The quantitative estimate of drug-likeness (QED) is 0.811. The molecule has 1 aliphatic carbocycles. The smallest absolute Gasteiger partial charge is 0.164 e. The van der Waals surface area contributed by atoms with Crippen LogP contribution in [-0.2, 0) is 0 Å². The van der Waals surface area contributed by atoms with E-state index in [1.165, 1.54) is 12.8 Å². The van der Waals surface area contributed by atoms with E-state index >= 15 is 4.39 Å². The Labute approximate surface area is 151 Å². The zero-order chi connectivity index (χ0) is 17.3. The van der Waals surface area contributed by atoms with Crippen molar-refractivity contribution < 1.29 is 14.2 Å². The molecule has 24 heavy (non-hydrogen) atoms. The van der Waals surface area contributed by atoms with Gasteiger partial charge < -0.3 is 20.1 Å². The van der Waals surface area contributed by atoms with Gasteiger partial charge in [0.05, 0.1) is 16.8 Å². The van der Waals surface area contributed by atoms with Gasteiger partial charge in [-0.3, -0.25) is 0 Å². The maximum absolute atomic E-state index is 15.0. The van der Waals surface area contributed by atoms with Crippen molar-refractivity contribution in [1.29, 1.82) is 0 Å². The van der Waals surface area contributed by atoms with Crippen molar-refractivity contribution in [2.24, 2.45) is 0 Å². The third-order valence-corrected chi connectivity index (χ3v) is 5.70. The fourth-order valence-electron chi connectivity index (χ4n) is 4.02. The first-order valence-corrected chi connectivity index (χ1v) is 9.48. The summed E-state index contributed by atoms with van der Waals surface area (Å²) in [6.45, 7) is 5.19. The van der Waals surface area contributed by atoms with Gasteiger partial charge in [0.25, 0.3) is 0 Å². The Kier molecular flexibility index (Phi) is 5.37. The number of hydrogen-bond acceptors (Lipinski definition) is 4. The van der Waals surface area contributed by atoms with Gasteiger partial charge >= 0.3 is 0 Å². The Bertz CT molecular complexity index is 597. The van der Waals surface area contributed by atoms with Crippen LogP contribution in [0, 0.1) is 5.82 Å². The van der Waals surface area contributed by atoms with Crippen LogP contribution in [0.15, 0.2) is 16.6 Å². The van der Waals surface area contributed by atoms with Crippen LogP contribution in [0.1, 0.15) is 39.5 Å². The normalized spacial score (nSPS) is 26.1. The van der Waals surface area contributed by atoms with E-state index in [1.807, 2.05) is 0 Å². The molecule has 0 amide bonds. The molecule has 0 radical (unpaired) electrons. The number of anilines is 1. The van der Waals surface area contributed by atoms with Gasteiger partial charge in [-0.1, -0.05) is 12.8 Å². The van der Waals surface area contributed by atoms with Gasteiger partial charge in [-0.15, -0.1) is 0 Å². The Morgan fingerprint density at radius 2 is 2.12 bits per heavy atom. The molecule has 1 heterocycles. The van der Waals surface area contributed by atoms with Gasteiger partial charge in [0.2, 0.25) is 0 Å². The topological polar surface area (TPSA) is 44.7 Å². The van der Waals surface area contributed by atoms with E-state index in [1.54, 1.807) is 12.1 Å². The molecule has 2 N–H and O–H groups in total. The summed E-state index contributed by atoms with van der Waals surface area (Å²) in [5.41, 5.74) is 0.577. The zero-order valence-electron chi connectivity index (χ0n) is 14.3. The lowest BCUT2D eigenvalue weighted by Crippen LogP contribution is -2.67. The van der Waals surface area contributed by atoms with Gasteiger partial charge in [0.15, 0.2) is 5.82 Å². The molecule has 0 spiro atoms. The maximum Gasteiger partial charge on any atom is 0.164 e. The number of piperazine rings is 1. The van der Waals surface area contributed by atoms with Crippen molar-refractivity contribution in [1.82, 2.24) is 5.32 Å². The van der Waals surface area contributed by atoms with Gasteiger partial charge in [-0.2, -0.15) is 0 Å². The lowest BCUT2D eigenvalue weighted by Gasteiger charge is -2.52. The molecular formula is C18H26BrFN2O2. The monoisotopic (exact) mass is 400 g/mol. The van der Waals surface area contributed by atoms with Gasteiger partial charge in [-0.25, -0.2) is 4.39 Å². The Morgan fingerprint density at radius 1 is 1.38 bits per heavy atom. The van der Waals surface area contributed by atoms with Crippen LogP contribution in [0.4, 0.5) is 10.1 Å². The highest BCUT2D eigenvalue weighted by Gasteiger charge is 2.41. The lowest BCUT2D eigenvalue weighted by atomic mass is 9.83. The minimum Gasteiger partial charge on any atom is -0.490 e. The SMILES string of the molecule is CC1(C)CN(c2ccc(OCCO)c(Br)c2F)[C@H]2CCCC[C@H]2N1. The highest BCUT2D eigenvalue weighted by Crippen LogP contribution is 2.39. The summed E-state index contributed by atoms with van der Waals surface area (Å²) in [5.74, 6) is 0.146. The van der Waals surface area contributed by atoms with E-state index in [9.17, 15) is 0 Å². The summed E-state index contributed by atoms with van der Waals surface area (Å²) in [5, 5.41) is 12.6. The second-order valence-electron chi connectivity index (χ2n) is 7.40. The fraction of sp³-hybridized carbons (Fsp3) is 0.667. The van der Waals surface area contributed by atoms with E-state index in [2.05, 4.69) is 40.0 Å². The van der Waals surface area contributed by atoms with E-state index in [-0.39, 0.29) is 24.6 Å². The van der Waals surface area contributed by atoms with Crippen molar-refractivity contribution in [2.45, 2.75) is 57.2 Å². The largest absolute Gasteiger partial charge is 0.490 e. The molecule has 2 atom stereocenters. The second-order valence-corrected chi connectivity index (χ2v) is 8.19. The number of benzene rings is 1. The number of aliphatic hydroxyl groups excluding tert-OH is 1. The molecule has 1 saturated heterocycles. The van der Waals surface area contributed by atoms with Crippen molar-refractivity contribution in [3.63, 3.8) is 0 Å². The first-order chi connectivity index (χ1) is 11.4. The number of hydrogen-bond donors (Lipinski definition) is 2. The maximum atomic E-state index is 15.0. The van der Waals surface area contributed by atoms with Crippen LogP contribution in [0.5, 0.6) is 5.75 Å². The molecule has 2 aliphatic rings. The van der Waals surface area contributed by atoms with Crippen LogP contribution in [0.25, 0.3) is 0 Å². The average molecular weight is 401 g/mol.